The van der Waals surface area contributed by atoms with E-state index in [1.807, 2.05) is 0 Å². The topological polar surface area (TPSA) is 137 Å². The first-order valence-electron chi connectivity index (χ1n) is 7.91. The maximum atomic E-state index is 12.6. The average Bonchev–Trinajstić information content (AvgIpc) is 2.99. The van der Waals surface area contributed by atoms with Crippen molar-refractivity contribution in [1.29, 1.82) is 0 Å². The van der Waals surface area contributed by atoms with E-state index < -0.39 is 31.5 Å². The van der Waals surface area contributed by atoms with Crippen LogP contribution in [0.3, 0.4) is 0 Å². The molecule has 2 aromatic rings. The van der Waals surface area contributed by atoms with E-state index in [0.717, 1.165) is 12.1 Å². The smallest absolute Gasteiger partial charge is 0.346 e. The Bertz CT molecular complexity index is 1160. The summed E-state index contributed by atoms with van der Waals surface area (Å²) in [6.07, 6.45) is 1.48. The number of benzene rings is 2. The van der Waals surface area contributed by atoms with Crippen molar-refractivity contribution in [3.63, 3.8) is 0 Å². The molecule has 12 heteroatoms. The van der Waals surface area contributed by atoms with E-state index in [2.05, 4.69) is 10.6 Å². The van der Waals surface area contributed by atoms with Crippen LogP contribution in [-0.4, -0.2) is 31.5 Å². The van der Waals surface area contributed by atoms with E-state index in [0.29, 0.717) is 5.56 Å². The summed E-state index contributed by atoms with van der Waals surface area (Å²) >= 11 is 4.85. The van der Waals surface area contributed by atoms with Crippen LogP contribution >= 0.6 is 12.2 Å². The van der Waals surface area contributed by atoms with Crippen LogP contribution in [0, 0.1) is 10.1 Å². The minimum atomic E-state index is -4.50. The zero-order valence-electron chi connectivity index (χ0n) is 14.7. The number of ether oxygens (including phenoxy) is 1. The molecule has 1 fully saturated rings. The number of thiocarbonyl (C=S) groups is 1. The molecule has 2 N–H and O–H groups in total. The van der Waals surface area contributed by atoms with E-state index in [9.17, 15) is 23.3 Å². The Kier molecular flexibility index (Phi) is 5.48. The highest BCUT2D eigenvalue weighted by atomic mass is 32.2. The van der Waals surface area contributed by atoms with E-state index in [-0.39, 0.29) is 22.3 Å². The van der Waals surface area contributed by atoms with Crippen LogP contribution in [0.4, 0.5) is 5.69 Å². The van der Waals surface area contributed by atoms with Gasteiger partial charge < -0.3 is 14.2 Å². The van der Waals surface area contributed by atoms with Gasteiger partial charge in [-0.15, -0.1) is 0 Å². The fourth-order valence-corrected chi connectivity index (χ4v) is 3.78. The molecule has 0 unspecified atom stereocenters. The number of hydrogen-bond acceptors (Lipinski definition) is 8. The first-order chi connectivity index (χ1) is 13.7. The molecule has 2 aromatic carbocycles. The number of nitrogens with one attached hydrogen (secondary N) is 2. The first-order valence-corrected chi connectivity index (χ1v) is 9.73. The highest BCUT2D eigenvalue weighted by molar-refractivity contribution is 7.87. The Morgan fingerprint density at radius 2 is 1.86 bits per heavy atom. The van der Waals surface area contributed by atoms with Gasteiger partial charge in [0.25, 0.3) is 11.6 Å². The highest BCUT2D eigenvalue weighted by Gasteiger charge is 2.28. The summed E-state index contributed by atoms with van der Waals surface area (Å²) in [5.41, 5.74) is 0.0972. The second kappa shape index (κ2) is 7.85. The molecule has 1 heterocycles. The molecule has 0 radical (unpaired) electrons. The van der Waals surface area contributed by atoms with Crippen molar-refractivity contribution in [2.24, 2.45) is 0 Å². The third kappa shape index (κ3) is 4.33. The predicted octanol–water partition coefficient (Wildman–Crippen LogP) is 1.72. The van der Waals surface area contributed by atoms with E-state index in [1.54, 1.807) is 0 Å². The van der Waals surface area contributed by atoms with Gasteiger partial charge in [-0.1, -0.05) is 18.2 Å². The molecule has 1 aliphatic rings. The highest BCUT2D eigenvalue weighted by Crippen LogP contribution is 2.33. The molecule has 29 heavy (non-hydrogen) atoms. The Morgan fingerprint density at radius 3 is 2.48 bits per heavy atom. The van der Waals surface area contributed by atoms with Gasteiger partial charge in [-0.25, -0.2) is 0 Å². The van der Waals surface area contributed by atoms with Crippen molar-refractivity contribution in [2.75, 3.05) is 7.11 Å². The van der Waals surface area contributed by atoms with Crippen LogP contribution in [0.1, 0.15) is 5.56 Å². The number of carbonyl (C=O) groups excluding carboxylic acids is 1. The zero-order valence-corrected chi connectivity index (χ0v) is 16.4. The number of amides is 1. The monoisotopic (exact) mass is 435 g/mol. The van der Waals surface area contributed by atoms with Crippen LogP contribution < -0.4 is 19.6 Å². The lowest BCUT2D eigenvalue weighted by molar-refractivity contribution is -0.387. The zero-order chi connectivity index (χ0) is 21.2. The van der Waals surface area contributed by atoms with Crippen LogP contribution in [-0.2, 0) is 14.9 Å². The number of methoxy groups -OCH3 is 1. The molecule has 1 saturated heterocycles. The molecule has 150 valence electrons. The third-order valence-corrected chi connectivity index (χ3v) is 5.24. The number of carbonyl (C=O) groups is 1. The van der Waals surface area contributed by atoms with E-state index in [1.165, 1.54) is 43.5 Å². The van der Waals surface area contributed by atoms with Crippen molar-refractivity contribution >= 4 is 45.1 Å². The second-order valence-electron chi connectivity index (χ2n) is 5.64. The standard InChI is InChI=1S/C17H13N3O7S2/c1-26-14-9-10(8-11-16(21)19-17(28)18-11)6-7-13(14)27-29(24,25)15-5-3-2-4-12(15)20(22)23/h2-9H,1H3,(H2,18,19,21,28). The summed E-state index contributed by atoms with van der Waals surface area (Å²) < 4.78 is 35.4. The van der Waals surface area contributed by atoms with E-state index >= 15 is 0 Å². The molecule has 0 bridgehead atoms. The Balaban J connectivity index is 1.94. The summed E-state index contributed by atoms with van der Waals surface area (Å²) in [6.45, 7) is 0. The second-order valence-corrected chi connectivity index (χ2v) is 7.56. The molecular weight excluding hydrogens is 422 g/mol. The van der Waals surface area contributed by atoms with Gasteiger partial charge in [0.05, 0.1) is 12.0 Å². The van der Waals surface area contributed by atoms with Gasteiger partial charge >= 0.3 is 10.1 Å². The number of nitro groups is 1. The summed E-state index contributed by atoms with van der Waals surface area (Å²) in [5, 5.41) is 16.4. The number of nitro benzene ring substituents is 1. The van der Waals surface area contributed by atoms with Crippen LogP contribution in [0.25, 0.3) is 6.08 Å². The van der Waals surface area contributed by atoms with Crippen molar-refractivity contribution in [1.82, 2.24) is 10.6 Å². The lowest BCUT2D eigenvalue weighted by Gasteiger charge is -2.11. The van der Waals surface area contributed by atoms with Crippen molar-refractivity contribution in [3.8, 4) is 11.5 Å². The van der Waals surface area contributed by atoms with Gasteiger partial charge in [0, 0.05) is 6.07 Å². The van der Waals surface area contributed by atoms with Gasteiger partial charge in [0.15, 0.2) is 21.5 Å². The minimum Gasteiger partial charge on any atom is -0.493 e. The maximum absolute atomic E-state index is 12.6. The SMILES string of the molecule is COc1cc(C=C2NC(=S)NC2=O)ccc1OS(=O)(=O)c1ccccc1[N+](=O)[O-]. The molecule has 0 atom stereocenters. The molecule has 10 nitrogen and oxygen atoms in total. The Labute approximate surface area is 170 Å². The van der Waals surface area contributed by atoms with E-state index in [4.69, 9.17) is 21.1 Å². The molecule has 1 amide bonds. The third-order valence-electron chi connectivity index (χ3n) is 3.75. The van der Waals surface area contributed by atoms with Crippen LogP contribution in [0.2, 0.25) is 0 Å². The summed E-state index contributed by atoms with van der Waals surface area (Å²) in [6, 6.07) is 9.06. The van der Waals surface area contributed by atoms with Crippen LogP contribution in [0.5, 0.6) is 11.5 Å². The van der Waals surface area contributed by atoms with Gasteiger partial charge in [-0.2, -0.15) is 8.42 Å². The quantitative estimate of drug-likeness (QED) is 0.228. The summed E-state index contributed by atoms with van der Waals surface area (Å²) in [4.78, 5) is 21.4. The molecular formula is C17H13N3O7S2. The maximum Gasteiger partial charge on any atom is 0.346 e. The summed E-state index contributed by atoms with van der Waals surface area (Å²) in [7, 11) is -3.21. The Hall–Kier alpha value is -3.51. The average molecular weight is 435 g/mol. The molecule has 0 aromatic heterocycles. The predicted molar refractivity (Wildman–Crippen MR) is 106 cm³/mol. The lowest BCUT2D eigenvalue weighted by atomic mass is 10.1. The van der Waals surface area contributed by atoms with Gasteiger partial charge in [-0.3, -0.25) is 20.2 Å². The van der Waals surface area contributed by atoms with Gasteiger partial charge in [-0.05, 0) is 42.1 Å². The molecule has 3 rings (SSSR count). The Morgan fingerprint density at radius 1 is 1.14 bits per heavy atom. The number of rotatable bonds is 6. The fraction of sp³-hybridized carbons (Fsp3) is 0.0588. The molecule has 1 aliphatic heterocycles. The lowest BCUT2D eigenvalue weighted by Crippen LogP contribution is -2.21. The van der Waals surface area contributed by atoms with Crippen LogP contribution in [0.15, 0.2) is 53.1 Å². The number of para-hydroxylation sites is 1. The number of hydrogen-bond donors (Lipinski definition) is 2. The molecule has 0 spiro atoms. The fourth-order valence-electron chi connectivity index (χ4n) is 2.47. The first kappa shape index (κ1) is 20.2. The van der Waals surface area contributed by atoms with Gasteiger partial charge in [0.1, 0.15) is 5.70 Å². The number of nitrogens with zero attached hydrogens (tertiary/aromatic N) is 1. The normalized spacial score (nSPS) is 15.0. The van der Waals surface area contributed by atoms with Gasteiger partial charge in [0.2, 0.25) is 0 Å². The minimum absolute atomic E-state index is 0.0440. The molecule has 0 aliphatic carbocycles. The van der Waals surface area contributed by atoms with Crippen molar-refractivity contribution in [3.05, 3.63) is 63.8 Å². The van der Waals surface area contributed by atoms with Crippen molar-refractivity contribution < 1.29 is 27.1 Å². The largest absolute Gasteiger partial charge is 0.493 e. The molecule has 0 saturated carbocycles. The van der Waals surface area contributed by atoms with Crippen molar-refractivity contribution in [2.45, 2.75) is 4.90 Å². The summed E-state index contributed by atoms with van der Waals surface area (Å²) in [5.74, 6) is -0.539.